The van der Waals surface area contributed by atoms with Crippen LogP contribution in [0.3, 0.4) is 0 Å². The van der Waals surface area contributed by atoms with Gasteiger partial charge in [-0.05, 0) is 18.0 Å². The van der Waals surface area contributed by atoms with E-state index in [2.05, 4.69) is 9.59 Å². The third-order valence-electron chi connectivity index (χ3n) is 2.09. The molecule has 0 aliphatic rings. The number of hydrogen-bond acceptors (Lipinski definition) is 5. The number of aryl methyl sites for hydroxylation is 1. The predicted octanol–water partition coefficient (Wildman–Crippen LogP) is 0.647. The Morgan fingerprint density at radius 1 is 1.50 bits per heavy atom. The van der Waals surface area contributed by atoms with Crippen molar-refractivity contribution in [1.82, 2.24) is 14.5 Å². The summed E-state index contributed by atoms with van der Waals surface area (Å²) in [5.41, 5.74) is 0.664. The third-order valence-corrected chi connectivity index (χ3v) is 2.85. The van der Waals surface area contributed by atoms with Gasteiger partial charge in [0.25, 0.3) is 5.91 Å². The molecule has 0 aliphatic heterocycles. The van der Waals surface area contributed by atoms with Gasteiger partial charge < -0.3 is 10.0 Å². The Kier molecular flexibility index (Phi) is 4.36. The zero-order valence-corrected chi connectivity index (χ0v) is 9.95. The van der Waals surface area contributed by atoms with Gasteiger partial charge in [0.15, 0.2) is 0 Å². The van der Waals surface area contributed by atoms with Crippen LogP contribution < -0.4 is 0 Å². The largest absolute Gasteiger partial charge is 0.481 e. The van der Waals surface area contributed by atoms with Crippen molar-refractivity contribution in [2.75, 3.05) is 13.6 Å². The molecular weight excluding hydrogens is 230 g/mol. The lowest BCUT2D eigenvalue weighted by Crippen LogP contribution is -2.29. The molecule has 0 spiro atoms. The number of aliphatic carboxylic acids is 1. The Morgan fingerprint density at radius 3 is 2.75 bits per heavy atom. The van der Waals surface area contributed by atoms with E-state index in [1.165, 1.54) is 4.90 Å². The molecule has 7 heteroatoms. The minimum Gasteiger partial charge on any atom is -0.481 e. The molecule has 0 saturated carbocycles. The van der Waals surface area contributed by atoms with Crippen molar-refractivity contribution >= 4 is 23.4 Å². The number of amides is 1. The Bertz CT molecular complexity index is 391. The van der Waals surface area contributed by atoms with Crippen molar-refractivity contribution in [1.29, 1.82) is 0 Å². The fraction of sp³-hybridized carbons (Fsp3) is 0.556. The van der Waals surface area contributed by atoms with Crippen LogP contribution in [0.15, 0.2) is 0 Å². The molecule has 88 valence electrons. The topological polar surface area (TPSA) is 83.4 Å². The van der Waals surface area contributed by atoms with Gasteiger partial charge in [-0.1, -0.05) is 11.4 Å². The Balaban J connectivity index is 2.66. The van der Waals surface area contributed by atoms with Gasteiger partial charge in [-0.15, -0.1) is 5.10 Å². The molecule has 1 aromatic rings. The number of nitrogens with zero attached hydrogens (tertiary/aromatic N) is 3. The van der Waals surface area contributed by atoms with Gasteiger partial charge in [-0.2, -0.15) is 0 Å². The molecule has 1 rings (SSSR count). The third kappa shape index (κ3) is 2.99. The molecule has 1 amide bonds. The first-order chi connectivity index (χ1) is 7.56. The highest BCUT2D eigenvalue weighted by atomic mass is 32.1. The zero-order chi connectivity index (χ0) is 12.1. The first-order valence-corrected chi connectivity index (χ1v) is 5.62. The molecule has 0 radical (unpaired) electrons. The molecule has 0 aliphatic carbocycles. The van der Waals surface area contributed by atoms with Crippen molar-refractivity contribution in [2.24, 2.45) is 0 Å². The maximum atomic E-state index is 11.9. The van der Waals surface area contributed by atoms with Gasteiger partial charge in [-0.25, -0.2) is 0 Å². The van der Waals surface area contributed by atoms with E-state index >= 15 is 0 Å². The second-order valence-corrected chi connectivity index (χ2v) is 4.03. The molecule has 1 aromatic heterocycles. The Hall–Kier alpha value is -1.50. The molecule has 0 atom stereocenters. The smallest absolute Gasteiger partial charge is 0.305 e. The van der Waals surface area contributed by atoms with Crippen molar-refractivity contribution in [2.45, 2.75) is 19.8 Å². The van der Waals surface area contributed by atoms with Gasteiger partial charge >= 0.3 is 5.97 Å². The highest BCUT2D eigenvalue weighted by Gasteiger charge is 2.19. The molecule has 16 heavy (non-hydrogen) atoms. The average molecular weight is 243 g/mol. The van der Waals surface area contributed by atoms with Crippen LogP contribution in [-0.2, 0) is 11.2 Å². The number of aromatic nitrogens is 2. The maximum absolute atomic E-state index is 11.9. The van der Waals surface area contributed by atoms with Crippen LogP contribution in [0.1, 0.15) is 28.7 Å². The second kappa shape index (κ2) is 5.55. The molecule has 0 bridgehead atoms. The minimum atomic E-state index is -0.919. The number of rotatable bonds is 5. The summed E-state index contributed by atoms with van der Waals surface area (Å²) in [5, 5.41) is 12.4. The summed E-state index contributed by atoms with van der Waals surface area (Å²) < 4.78 is 3.72. The fourth-order valence-corrected chi connectivity index (χ4v) is 1.89. The molecule has 0 saturated heterocycles. The van der Waals surface area contributed by atoms with Crippen molar-refractivity contribution < 1.29 is 14.7 Å². The van der Waals surface area contributed by atoms with Gasteiger partial charge in [0.1, 0.15) is 4.88 Å². The number of carboxylic acids is 1. The summed E-state index contributed by atoms with van der Waals surface area (Å²) in [6.07, 6.45) is 0.584. The Morgan fingerprint density at radius 2 is 2.19 bits per heavy atom. The maximum Gasteiger partial charge on any atom is 0.305 e. The lowest BCUT2D eigenvalue weighted by molar-refractivity contribution is -0.137. The van der Waals surface area contributed by atoms with E-state index in [0.29, 0.717) is 17.0 Å². The van der Waals surface area contributed by atoms with Crippen LogP contribution in [0.5, 0.6) is 0 Å². The summed E-state index contributed by atoms with van der Waals surface area (Å²) >= 11 is 1.05. The highest BCUT2D eigenvalue weighted by molar-refractivity contribution is 7.07. The summed E-state index contributed by atoms with van der Waals surface area (Å²) in [6.45, 7) is 2.08. The average Bonchev–Trinajstić information content (AvgIpc) is 2.72. The van der Waals surface area contributed by atoms with Gasteiger partial charge in [0.2, 0.25) is 0 Å². The van der Waals surface area contributed by atoms with E-state index in [9.17, 15) is 9.59 Å². The zero-order valence-electron chi connectivity index (χ0n) is 9.13. The van der Waals surface area contributed by atoms with E-state index in [4.69, 9.17) is 5.11 Å². The van der Waals surface area contributed by atoms with E-state index in [1.807, 2.05) is 6.92 Å². The first kappa shape index (κ1) is 12.6. The number of carbonyl (C=O) groups excluding carboxylic acids is 1. The minimum absolute atomic E-state index is 0.0596. The number of hydrogen-bond donors (Lipinski definition) is 1. The quantitative estimate of drug-likeness (QED) is 0.820. The van der Waals surface area contributed by atoms with Crippen molar-refractivity contribution in [3.8, 4) is 0 Å². The monoisotopic (exact) mass is 243 g/mol. The van der Waals surface area contributed by atoms with Crippen molar-refractivity contribution in [3.63, 3.8) is 0 Å². The first-order valence-electron chi connectivity index (χ1n) is 4.84. The van der Waals surface area contributed by atoms with Crippen molar-refractivity contribution in [3.05, 3.63) is 10.6 Å². The molecular formula is C9H13N3O3S. The van der Waals surface area contributed by atoms with Gasteiger partial charge in [0.05, 0.1) is 12.1 Å². The predicted molar refractivity (Wildman–Crippen MR) is 58.5 cm³/mol. The summed E-state index contributed by atoms with van der Waals surface area (Å²) in [4.78, 5) is 24.1. The standard InChI is InChI=1S/C9H13N3O3S/c1-3-6-8(16-11-10-6)9(15)12(2)5-4-7(13)14/h3-5H2,1-2H3,(H,13,14). The number of carbonyl (C=O) groups is 2. The molecule has 0 fully saturated rings. The summed E-state index contributed by atoms with van der Waals surface area (Å²) in [5.74, 6) is -1.13. The molecule has 6 nitrogen and oxygen atoms in total. The SMILES string of the molecule is CCc1nnsc1C(=O)N(C)CCC(=O)O. The lowest BCUT2D eigenvalue weighted by atomic mass is 10.2. The van der Waals surface area contributed by atoms with Crippen LogP contribution in [0, 0.1) is 0 Å². The van der Waals surface area contributed by atoms with E-state index < -0.39 is 5.97 Å². The molecule has 0 unspecified atom stereocenters. The Labute approximate surface area is 97.1 Å². The fourth-order valence-electron chi connectivity index (χ4n) is 1.14. The molecule has 1 N–H and O–H groups in total. The van der Waals surface area contributed by atoms with Crippen LogP contribution in [0.2, 0.25) is 0 Å². The lowest BCUT2D eigenvalue weighted by Gasteiger charge is -2.14. The van der Waals surface area contributed by atoms with Crippen LogP contribution in [-0.4, -0.2) is 45.1 Å². The molecule has 0 aromatic carbocycles. The van der Waals surface area contributed by atoms with Gasteiger partial charge in [0, 0.05) is 13.6 Å². The normalized spacial score (nSPS) is 10.1. The van der Waals surface area contributed by atoms with E-state index in [-0.39, 0.29) is 18.9 Å². The highest BCUT2D eigenvalue weighted by Crippen LogP contribution is 2.13. The molecule has 1 heterocycles. The summed E-state index contributed by atoms with van der Waals surface area (Å²) in [6, 6.07) is 0. The van der Waals surface area contributed by atoms with Crippen LogP contribution in [0.25, 0.3) is 0 Å². The van der Waals surface area contributed by atoms with Gasteiger partial charge in [-0.3, -0.25) is 9.59 Å². The number of carboxylic acid groups (broad SMARTS) is 1. The van der Waals surface area contributed by atoms with Crippen LogP contribution in [0.4, 0.5) is 0 Å². The second-order valence-electron chi connectivity index (χ2n) is 3.27. The van der Waals surface area contributed by atoms with E-state index in [0.717, 1.165) is 11.5 Å². The van der Waals surface area contributed by atoms with Crippen LogP contribution >= 0.6 is 11.5 Å². The van der Waals surface area contributed by atoms with E-state index in [1.54, 1.807) is 7.05 Å². The summed E-state index contributed by atoms with van der Waals surface area (Å²) in [7, 11) is 1.57.